The Hall–Kier alpha value is -1.58. The van der Waals surface area contributed by atoms with E-state index < -0.39 is 5.91 Å². The molecule has 1 amide bonds. The van der Waals surface area contributed by atoms with Crippen LogP contribution < -0.4 is 5.32 Å². The number of methoxy groups -OCH3 is 1. The first kappa shape index (κ1) is 8.04. The molecular formula is C9H9NO3. The molecule has 1 aliphatic carbocycles. The van der Waals surface area contributed by atoms with Crippen LogP contribution in [0.1, 0.15) is 6.42 Å². The minimum Gasteiger partial charge on any atom is -0.501 e. The summed E-state index contributed by atoms with van der Waals surface area (Å²) in [5.74, 6) is -0.484. The highest BCUT2D eigenvalue weighted by Gasteiger charge is 2.38. The SMILES string of the molecule is COC1=CC=C2NC(=O)C(=O)C2C1. The average Bonchev–Trinajstić information content (AvgIpc) is 2.43. The lowest BCUT2D eigenvalue weighted by Gasteiger charge is -2.14. The summed E-state index contributed by atoms with van der Waals surface area (Å²) in [4.78, 5) is 22.2. The van der Waals surface area contributed by atoms with Crippen LogP contribution in [0.25, 0.3) is 0 Å². The Kier molecular flexibility index (Phi) is 1.69. The summed E-state index contributed by atoms with van der Waals surface area (Å²) in [6.45, 7) is 0. The van der Waals surface area contributed by atoms with Crippen molar-refractivity contribution in [3.05, 3.63) is 23.6 Å². The maximum atomic E-state index is 11.3. The molecule has 1 saturated heterocycles. The van der Waals surface area contributed by atoms with Gasteiger partial charge in [-0.05, 0) is 12.2 Å². The van der Waals surface area contributed by atoms with Crippen molar-refractivity contribution in [1.82, 2.24) is 5.32 Å². The Morgan fingerprint density at radius 2 is 2.23 bits per heavy atom. The highest BCUT2D eigenvalue weighted by molar-refractivity contribution is 6.40. The maximum absolute atomic E-state index is 11.3. The van der Waals surface area contributed by atoms with Crippen molar-refractivity contribution in [2.24, 2.45) is 5.92 Å². The van der Waals surface area contributed by atoms with Gasteiger partial charge in [0.1, 0.15) is 0 Å². The lowest BCUT2D eigenvalue weighted by Crippen LogP contribution is -2.18. The zero-order valence-electron chi connectivity index (χ0n) is 7.16. The molecule has 1 N–H and O–H groups in total. The molecule has 0 radical (unpaired) electrons. The second-order valence-electron chi connectivity index (χ2n) is 3.03. The second-order valence-corrected chi connectivity index (χ2v) is 3.03. The summed E-state index contributed by atoms with van der Waals surface area (Å²) in [7, 11) is 1.55. The number of Topliss-reactive ketones (excluding diaryl/α,β-unsaturated/α-hetero) is 1. The number of nitrogens with one attached hydrogen (secondary N) is 1. The first-order valence-corrected chi connectivity index (χ1v) is 4.02. The molecular weight excluding hydrogens is 170 g/mol. The number of amides is 1. The Bertz CT molecular complexity index is 341. The lowest BCUT2D eigenvalue weighted by molar-refractivity contribution is -0.136. The summed E-state index contributed by atoms with van der Waals surface area (Å²) < 4.78 is 5.01. The normalized spacial score (nSPS) is 26.1. The number of ketones is 1. The van der Waals surface area contributed by atoms with Crippen LogP contribution in [-0.4, -0.2) is 18.8 Å². The molecule has 1 heterocycles. The average molecular weight is 179 g/mol. The van der Waals surface area contributed by atoms with Crippen LogP contribution >= 0.6 is 0 Å². The number of carbonyl (C=O) groups excluding carboxylic acids is 2. The van der Waals surface area contributed by atoms with Crippen LogP contribution in [-0.2, 0) is 14.3 Å². The van der Waals surface area contributed by atoms with Gasteiger partial charge in [-0.3, -0.25) is 9.59 Å². The molecule has 0 aromatic rings. The number of rotatable bonds is 1. The molecule has 0 aromatic carbocycles. The third kappa shape index (κ3) is 1.14. The van der Waals surface area contributed by atoms with Gasteiger partial charge in [0.2, 0.25) is 5.78 Å². The highest BCUT2D eigenvalue weighted by Crippen LogP contribution is 2.28. The molecule has 1 unspecified atom stereocenters. The highest BCUT2D eigenvalue weighted by atomic mass is 16.5. The molecule has 0 bridgehead atoms. The predicted molar refractivity (Wildman–Crippen MR) is 44.4 cm³/mol. The van der Waals surface area contributed by atoms with Gasteiger partial charge in [0.15, 0.2) is 0 Å². The number of hydrogen-bond acceptors (Lipinski definition) is 3. The van der Waals surface area contributed by atoms with Gasteiger partial charge in [0.25, 0.3) is 5.91 Å². The van der Waals surface area contributed by atoms with Gasteiger partial charge in [-0.15, -0.1) is 0 Å². The van der Waals surface area contributed by atoms with Crippen LogP contribution in [0.5, 0.6) is 0 Å². The molecule has 2 rings (SSSR count). The van der Waals surface area contributed by atoms with Gasteiger partial charge in [0.05, 0.1) is 18.8 Å². The third-order valence-electron chi connectivity index (χ3n) is 2.29. The van der Waals surface area contributed by atoms with E-state index in [0.29, 0.717) is 12.1 Å². The molecule has 1 fully saturated rings. The molecule has 1 atom stereocenters. The van der Waals surface area contributed by atoms with E-state index in [1.807, 2.05) is 0 Å². The second kappa shape index (κ2) is 2.73. The van der Waals surface area contributed by atoms with Gasteiger partial charge < -0.3 is 10.1 Å². The van der Waals surface area contributed by atoms with Crippen LogP contribution in [0.15, 0.2) is 23.6 Å². The lowest BCUT2D eigenvalue weighted by atomic mass is 9.95. The molecule has 68 valence electrons. The van der Waals surface area contributed by atoms with Gasteiger partial charge in [-0.2, -0.15) is 0 Å². The molecule has 4 heteroatoms. The van der Waals surface area contributed by atoms with E-state index in [9.17, 15) is 9.59 Å². The smallest absolute Gasteiger partial charge is 0.292 e. The number of ether oxygens (including phenoxy) is 1. The Morgan fingerprint density at radius 3 is 2.92 bits per heavy atom. The van der Waals surface area contributed by atoms with Crippen molar-refractivity contribution >= 4 is 11.7 Å². The maximum Gasteiger partial charge on any atom is 0.292 e. The first-order chi connectivity index (χ1) is 6.22. The van der Waals surface area contributed by atoms with Crippen LogP contribution in [0, 0.1) is 5.92 Å². The monoisotopic (exact) mass is 179 g/mol. The fourth-order valence-corrected chi connectivity index (χ4v) is 1.54. The fourth-order valence-electron chi connectivity index (χ4n) is 1.54. The van der Waals surface area contributed by atoms with Gasteiger partial charge >= 0.3 is 0 Å². The van der Waals surface area contributed by atoms with Crippen LogP contribution in [0.4, 0.5) is 0 Å². The summed E-state index contributed by atoms with van der Waals surface area (Å²) in [5, 5.41) is 2.52. The van der Waals surface area contributed by atoms with Crippen molar-refractivity contribution in [3.63, 3.8) is 0 Å². The first-order valence-electron chi connectivity index (χ1n) is 4.02. The van der Waals surface area contributed by atoms with E-state index in [4.69, 9.17) is 4.74 Å². The Balaban J connectivity index is 2.28. The standard InChI is InChI=1S/C9H9NO3/c1-13-5-2-3-7-6(4-5)8(11)9(12)10-7/h2-3,6H,4H2,1H3,(H,10,12). The molecule has 13 heavy (non-hydrogen) atoms. The molecule has 2 aliphatic rings. The topological polar surface area (TPSA) is 55.4 Å². The summed E-state index contributed by atoms with van der Waals surface area (Å²) >= 11 is 0. The fraction of sp³-hybridized carbons (Fsp3) is 0.333. The summed E-state index contributed by atoms with van der Waals surface area (Å²) in [5.41, 5.74) is 0.691. The quantitative estimate of drug-likeness (QED) is 0.581. The van der Waals surface area contributed by atoms with Crippen LogP contribution in [0.3, 0.4) is 0 Å². The number of fused-ring (bicyclic) bond motifs is 1. The minimum absolute atomic E-state index is 0.340. The largest absolute Gasteiger partial charge is 0.501 e. The van der Waals surface area contributed by atoms with Crippen molar-refractivity contribution in [2.45, 2.75) is 6.42 Å². The van der Waals surface area contributed by atoms with E-state index >= 15 is 0 Å². The van der Waals surface area contributed by atoms with Crippen molar-refractivity contribution in [1.29, 1.82) is 0 Å². The minimum atomic E-state index is -0.512. The molecule has 0 spiro atoms. The van der Waals surface area contributed by atoms with E-state index in [1.165, 1.54) is 0 Å². The van der Waals surface area contributed by atoms with E-state index in [1.54, 1.807) is 19.3 Å². The Morgan fingerprint density at radius 1 is 1.46 bits per heavy atom. The number of allylic oxidation sites excluding steroid dienone is 4. The zero-order chi connectivity index (χ0) is 9.42. The van der Waals surface area contributed by atoms with Crippen molar-refractivity contribution < 1.29 is 14.3 Å². The number of carbonyl (C=O) groups is 2. The summed E-state index contributed by atoms with van der Waals surface area (Å²) in [6, 6.07) is 0. The summed E-state index contributed by atoms with van der Waals surface area (Å²) in [6.07, 6.45) is 3.97. The molecule has 0 aromatic heterocycles. The van der Waals surface area contributed by atoms with Crippen molar-refractivity contribution in [2.75, 3.05) is 7.11 Å². The number of hydrogen-bond donors (Lipinski definition) is 1. The van der Waals surface area contributed by atoms with Gasteiger partial charge in [-0.1, -0.05) is 0 Å². The van der Waals surface area contributed by atoms with Crippen LogP contribution in [0.2, 0.25) is 0 Å². The Labute approximate surface area is 75.3 Å². The molecule has 1 aliphatic heterocycles. The molecule has 0 saturated carbocycles. The van der Waals surface area contributed by atoms with E-state index in [2.05, 4.69) is 5.32 Å². The third-order valence-corrected chi connectivity index (χ3v) is 2.29. The zero-order valence-corrected chi connectivity index (χ0v) is 7.16. The predicted octanol–water partition coefficient (Wildman–Crippen LogP) is 0.119. The van der Waals surface area contributed by atoms with E-state index in [-0.39, 0.29) is 11.7 Å². The van der Waals surface area contributed by atoms with E-state index in [0.717, 1.165) is 5.76 Å². The van der Waals surface area contributed by atoms with Gasteiger partial charge in [0, 0.05) is 12.1 Å². The molecule has 4 nitrogen and oxygen atoms in total. The van der Waals surface area contributed by atoms with Crippen molar-refractivity contribution in [3.8, 4) is 0 Å². The van der Waals surface area contributed by atoms with Gasteiger partial charge in [-0.25, -0.2) is 0 Å².